The molecule has 0 aromatic carbocycles. The maximum atomic E-state index is 10.6. The van der Waals surface area contributed by atoms with E-state index in [2.05, 4.69) is 10.1 Å². The smallest absolute Gasteiger partial charge is 0.328 e. The highest BCUT2D eigenvalue weighted by molar-refractivity contribution is 5.71. The van der Waals surface area contributed by atoms with Crippen molar-refractivity contribution in [1.82, 2.24) is 14.8 Å². The van der Waals surface area contributed by atoms with Gasteiger partial charge < -0.3 is 5.11 Å². The Hall–Kier alpha value is -1.39. The molecule has 0 radical (unpaired) electrons. The number of aliphatic carboxylic acids is 1. The van der Waals surface area contributed by atoms with Gasteiger partial charge in [0, 0.05) is 5.92 Å². The van der Waals surface area contributed by atoms with Gasteiger partial charge in [-0.25, -0.2) is 14.5 Å². The zero-order valence-corrected chi connectivity index (χ0v) is 7.34. The molecule has 70 valence electrons. The van der Waals surface area contributed by atoms with Gasteiger partial charge in [-0.1, -0.05) is 0 Å². The first-order valence-corrected chi connectivity index (χ1v) is 4.32. The van der Waals surface area contributed by atoms with Gasteiger partial charge in [0.15, 0.2) is 5.82 Å². The van der Waals surface area contributed by atoms with Crippen LogP contribution in [0.15, 0.2) is 6.33 Å². The Labute approximate surface area is 75.4 Å². The predicted octanol–water partition coefficient (Wildman–Crippen LogP) is 0.801. The lowest BCUT2D eigenvalue weighted by atomic mass is 10.4. The number of hydrogen-bond donors (Lipinski definition) is 1. The quantitative estimate of drug-likeness (QED) is 0.748. The molecule has 2 rings (SSSR count). The molecule has 1 N–H and O–H groups in total. The Morgan fingerprint density at radius 3 is 3.00 bits per heavy atom. The number of aromatic nitrogens is 3. The molecule has 0 amide bonds. The Morgan fingerprint density at radius 1 is 1.77 bits per heavy atom. The fourth-order valence-electron chi connectivity index (χ4n) is 1.12. The summed E-state index contributed by atoms with van der Waals surface area (Å²) in [6.07, 6.45) is 3.75. The molecule has 0 aliphatic heterocycles. The summed E-state index contributed by atoms with van der Waals surface area (Å²) in [7, 11) is 0. The highest BCUT2D eigenvalue weighted by Crippen LogP contribution is 2.37. The normalized spacial score (nSPS) is 18.5. The van der Waals surface area contributed by atoms with Gasteiger partial charge in [-0.3, -0.25) is 0 Å². The molecule has 5 heteroatoms. The lowest BCUT2D eigenvalue weighted by Crippen LogP contribution is -2.16. The van der Waals surface area contributed by atoms with Crippen molar-refractivity contribution in [2.24, 2.45) is 0 Å². The SMILES string of the molecule is C[C@@H](C(=O)O)n1cnc(C2CC2)n1. The summed E-state index contributed by atoms with van der Waals surface area (Å²) in [6.45, 7) is 1.59. The van der Waals surface area contributed by atoms with E-state index in [9.17, 15) is 4.79 Å². The Morgan fingerprint density at radius 2 is 2.46 bits per heavy atom. The minimum Gasteiger partial charge on any atom is -0.480 e. The summed E-state index contributed by atoms with van der Waals surface area (Å²) >= 11 is 0. The van der Waals surface area contributed by atoms with E-state index in [1.165, 1.54) is 11.0 Å². The molecule has 0 saturated heterocycles. The van der Waals surface area contributed by atoms with Crippen molar-refractivity contribution in [1.29, 1.82) is 0 Å². The fraction of sp³-hybridized carbons (Fsp3) is 0.625. The maximum absolute atomic E-state index is 10.6. The Bertz CT molecular complexity index is 330. The van der Waals surface area contributed by atoms with Crippen LogP contribution in [0, 0.1) is 0 Å². The third-order valence-corrected chi connectivity index (χ3v) is 2.22. The van der Waals surface area contributed by atoms with Crippen LogP contribution in [0.4, 0.5) is 0 Å². The molecule has 0 bridgehead atoms. The Balaban J connectivity index is 2.16. The molecule has 1 saturated carbocycles. The molecule has 1 aliphatic carbocycles. The van der Waals surface area contributed by atoms with Crippen molar-refractivity contribution in [3.05, 3.63) is 12.2 Å². The summed E-state index contributed by atoms with van der Waals surface area (Å²) in [4.78, 5) is 14.7. The first kappa shape index (κ1) is 8.22. The molecule has 1 fully saturated rings. The average molecular weight is 181 g/mol. The average Bonchev–Trinajstić information content (AvgIpc) is 2.83. The van der Waals surface area contributed by atoms with E-state index in [-0.39, 0.29) is 0 Å². The van der Waals surface area contributed by atoms with Crippen molar-refractivity contribution in [3.63, 3.8) is 0 Å². The van der Waals surface area contributed by atoms with Crippen LogP contribution in [-0.4, -0.2) is 25.8 Å². The summed E-state index contributed by atoms with van der Waals surface area (Å²) in [5, 5.41) is 12.8. The molecular formula is C8H11N3O2. The zero-order valence-electron chi connectivity index (χ0n) is 7.34. The van der Waals surface area contributed by atoms with Gasteiger partial charge in [0.25, 0.3) is 0 Å². The van der Waals surface area contributed by atoms with Gasteiger partial charge in [0.1, 0.15) is 12.4 Å². The van der Waals surface area contributed by atoms with E-state index >= 15 is 0 Å². The predicted molar refractivity (Wildman–Crippen MR) is 44.3 cm³/mol. The van der Waals surface area contributed by atoms with Crippen LogP contribution < -0.4 is 0 Å². The fourth-order valence-corrected chi connectivity index (χ4v) is 1.12. The van der Waals surface area contributed by atoms with Crippen LogP contribution in [-0.2, 0) is 4.79 Å². The largest absolute Gasteiger partial charge is 0.480 e. The molecule has 1 aliphatic rings. The van der Waals surface area contributed by atoms with E-state index in [4.69, 9.17) is 5.11 Å². The van der Waals surface area contributed by atoms with Gasteiger partial charge in [0.05, 0.1) is 0 Å². The van der Waals surface area contributed by atoms with Crippen LogP contribution in [0.25, 0.3) is 0 Å². The lowest BCUT2D eigenvalue weighted by molar-refractivity contribution is -0.140. The van der Waals surface area contributed by atoms with Gasteiger partial charge in [-0.15, -0.1) is 0 Å². The minimum absolute atomic E-state index is 0.474. The monoisotopic (exact) mass is 181 g/mol. The number of carboxylic acid groups (broad SMARTS) is 1. The van der Waals surface area contributed by atoms with Crippen LogP contribution in [0.2, 0.25) is 0 Å². The molecule has 1 aromatic rings. The molecule has 1 aromatic heterocycles. The molecule has 13 heavy (non-hydrogen) atoms. The number of carboxylic acids is 1. The number of nitrogens with zero attached hydrogens (tertiary/aromatic N) is 3. The molecular weight excluding hydrogens is 170 g/mol. The van der Waals surface area contributed by atoms with Crippen LogP contribution in [0.1, 0.15) is 37.5 Å². The van der Waals surface area contributed by atoms with Crippen LogP contribution in [0.5, 0.6) is 0 Å². The Kier molecular flexibility index (Phi) is 1.79. The van der Waals surface area contributed by atoms with Gasteiger partial charge in [0.2, 0.25) is 0 Å². The van der Waals surface area contributed by atoms with E-state index < -0.39 is 12.0 Å². The zero-order chi connectivity index (χ0) is 9.42. The first-order valence-electron chi connectivity index (χ1n) is 4.32. The van der Waals surface area contributed by atoms with E-state index in [1.807, 2.05) is 0 Å². The molecule has 5 nitrogen and oxygen atoms in total. The number of hydrogen-bond acceptors (Lipinski definition) is 3. The number of rotatable bonds is 3. The highest BCUT2D eigenvalue weighted by Gasteiger charge is 2.28. The second-order valence-corrected chi connectivity index (χ2v) is 3.37. The van der Waals surface area contributed by atoms with Crippen molar-refractivity contribution >= 4 is 5.97 Å². The first-order chi connectivity index (χ1) is 6.18. The van der Waals surface area contributed by atoms with Crippen molar-refractivity contribution in [3.8, 4) is 0 Å². The second kappa shape index (κ2) is 2.83. The minimum atomic E-state index is -0.882. The standard InChI is InChI=1S/C8H11N3O2/c1-5(8(12)13)11-4-9-7(10-11)6-2-3-6/h4-6H,2-3H2,1H3,(H,12,13)/t5-/m0/s1. The van der Waals surface area contributed by atoms with Crippen molar-refractivity contribution in [2.75, 3.05) is 0 Å². The van der Waals surface area contributed by atoms with Crippen LogP contribution in [0.3, 0.4) is 0 Å². The summed E-state index contributed by atoms with van der Waals surface area (Å²) in [5.41, 5.74) is 0. The van der Waals surface area contributed by atoms with Crippen molar-refractivity contribution < 1.29 is 9.90 Å². The third-order valence-electron chi connectivity index (χ3n) is 2.22. The number of carbonyl (C=O) groups is 1. The van der Waals surface area contributed by atoms with Crippen molar-refractivity contribution in [2.45, 2.75) is 31.7 Å². The van der Waals surface area contributed by atoms with Crippen LogP contribution >= 0.6 is 0 Å². The summed E-state index contributed by atoms with van der Waals surface area (Å²) in [6, 6.07) is -0.625. The molecule has 0 unspecified atom stereocenters. The highest BCUT2D eigenvalue weighted by atomic mass is 16.4. The second-order valence-electron chi connectivity index (χ2n) is 3.37. The third kappa shape index (κ3) is 1.54. The lowest BCUT2D eigenvalue weighted by Gasteiger charge is -2.03. The maximum Gasteiger partial charge on any atom is 0.328 e. The molecule has 1 atom stereocenters. The molecule has 0 spiro atoms. The van der Waals surface area contributed by atoms with E-state index in [0.29, 0.717) is 5.92 Å². The van der Waals surface area contributed by atoms with Gasteiger partial charge >= 0.3 is 5.97 Å². The summed E-state index contributed by atoms with van der Waals surface area (Å²) < 4.78 is 1.40. The summed E-state index contributed by atoms with van der Waals surface area (Å²) in [5.74, 6) is 0.377. The topological polar surface area (TPSA) is 68.0 Å². The van der Waals surface area contributed by atoms with E-state index in [0.717, 1.165) is 18.7 Å². The van der Waals surface area contributed by atoms with Gasteiger partial charge in [-0.2, -0.15) is 5.10 Å². The van der Waals surface area contributed by atoms with Gasteiger partial charge in [-0.05, 0) is 19.8 Å². The molecule has 1 heterocycles. The van der Waals surface area contributed by atoms with E-state index in [1.54, 1.807) is 6.92 Å².